The molecule has 212 valence electrons. The molecule has 38 heavy (non-hydrogen) atoms. The van der Waals surface area contributed by atoms with Crippen LogP contribution in [0.3, 0.4) is 0 Å². The van der Waals surface area contributed by atoms with Gasteiger partial charge in [-0.25, -0.2) is 17.6 Å². The van der Waals surface area contributed by atoms with Crippen LogP contribution in [0.15, 0.2) is 24.3 Å². The van der Waals surface area contributed by atoms with Gasteiger partial charge in [-0.2, -0.15) is 30.7 Å². The Labute approximate surface area is 210 Å². The standard InChI is InChI=1S/C25H23F11O2/c1-2-3-4-13-5-7-14(8-6-13)24(33,34)37-15-11-19(28)22(20(29)12-15)25(35,36)38-16-9-17(26)21(18(27)10-16)23(30,31)32/h9-14H,2-8H2,1H3. The Morgan fingerprint density at radius 3 is 1.58 bits per heavy atom. The van der Waals surface area contributed by atoms with Crippen molar-refractivity contribution in [1.82, 2.24) is 0 Å². The van der Waals surface area contributed by atoms with Gasteiger partial charge in [0.05, 0.1) is 5.92 Å². The number of halogens is 11. The van der Waals surface area contributed by atoms with Crippen LogP contribution in [-0.2, 0) is 12.3 Å². The Balaban J connectivity index is 1.77. The van der Waals surface area contributed by atoms with E-state index in [1.165, 1.54) is 0 Å². The molecule has 1 aliphatic carbocycles. The predicted octanol–water partition coefficient (Wildman–Crippen LogP) is 9.36. The first-order valence-electron chi connectivity index (χ1n) is 11.7. The first-order chi connectivity index (χ1) is 17.5. The van der Waals surface area contributed by atoms with Gasteiger partial charge in [-0.05, 0) is 31.6 Å². The van der Waals surface area contributed by atoms with E-state index in [0.29, 0.717) is 12.8 Å². The molecular formula is C25H23F11O2. The molecule has 0 unspecified atom stereocenters. The van der Waals surface area contributed by atoms with Crippen molar-refractivity contribution in [3.8, 4) is 11.5 Å². The smallest absolute Gasteiger partial charge is 0.432 e. The number of ether oxygens (including phenoxy) is 2. The van der Waals surface area contributed by atoms with Gasteiger partial charge < -0.3 is 9.47 Å². The molecule has 0 aromatic heterocycles. The Hall–Kier alpha value is -2.73. The third-order valence-corrected chi connectivity index (χ3v) is 6.39. The van der Waals surface area contributed by atoms with E-state index in [2.05, 4.69) is 9.47 Å². The summed E-state index contributed by atoms with van der Waals surface area (Å²) in [5.74, 6) is -12.4. The van der Waals surface area contributed by atoms with Crippen molar-refractivity contribution in [3.05, 3.63) is 58.7 Å². The maximum atomic E-state index is 14.7. The molecule has 0 saturated heterocycles. The van der Waals surface area contributed by atoms with Crippen LogP contribution in [0.25, 0.3) is 0 Å². The van der Waals surface area contributed by atoms with E-state index in [4.69, 9.17) is 0 Å². The second-order valence-electron chi connectivity index (χ2n) is 9.16. The van der Waals surface area contributed by atoms with E-state index >= 15 is 0 Å². The summed E-state index contributed by atoms with van der Waals surface area (Å²) in [6.45, 7) is 2.01. The maximum absolute atomic E-state index is 14.7. The van der Waals surface area contributed by atoms with E-state index in [0.717, 1.165) is 19.3 Å². The molecule has 2 aromatic carbocycles. The Kier molecular flexibility index (Phi) is 8.77. The molecule has 0 radical (unpaired) electrons. The van der Waals surface area contributed by atoms with Gasteiger partial charge in [0.15, 0.2) is 0 Å². The topological polar surface area (TPSA) is 18.5 Å². The van der Waals surface area contributed by atoms with E-state index in [1.54, 1.807) is 0 Å². The second kappa shape index (κ2) is 11.2. The van der Waals surface area contributed by atoms with E-state index < -0.39 is 70.2 Å². The fourth-order valence-corrected chi connectivity index (χ4v) is 4.49. The third kappa shape index (κ3) is 6.82. The predicted molar refractivity (Wildman–Crippen MR) is 113 cm³/mol. The minimum atomic E-state index is -5.50. The summed E-state index contributed by atoms with van der Waals surface area (Å²) in [6.07, 6.45) is -10.3. The number of alkyl halides is 7. The molecule has 0 amide bonds. The lowest BCUT2D eigenvalue weighted by Gasteiger charge is -2.33. The molecule has 0 N–H and O–H groups in total. The van der Waals surface area contributed by atoms with Crippen molar-refractivity contribution in [1.29, 1.82) is 0 Å². The van der Waals surface area contributed by atoms with Crippen molar-refractivity contribution >= 4 is 0 Å². The number of hydrogen-bond acceptors (Lipinski definition) is 2. The quantitative estimate of drug-likeness (QED) is 0.283. The molecule has 0 aliphatic heterocycles. The molecule has 2 nitrogen and oxygen atoms in total. The molecule has 0 spiro atoms. The summed E-state index contributed by atoms with van der Waals surface area (Å²) >= 11 is 0. The minimum absolute atomic E-state index is 0.0599. The van der Waals surface area contributed by atoms with Crippen molar-refractivity contribution in [2.45, 2.75) is 70.3 Å². The van der Waals surface area contributed by atoms with Crippen molar-refractivity contribution in [2.75, 3.05) is 0 Å². The van der Waals surface area contributed by atoms with Crippen LogP contribution in [0.1, 0.15) is 63.0 Å². The summed E-state index contributed by atoms with van der Waals surface area (Å²) in [5, 5.41) is 0. The second-order valence-corrected chi connectivity index (χ2v) is 9.16. The van der Waals surface area contributed by atoms with Crippen molar-refractivity contribution in [2.24, 2.45) is 11.8 Å². The molecule has 0 heterocycles. The summed E-state index contributed by atoms with van der Waals surface area (Å²) in [7, 11) is 0. The Morgan fingerprint density at radius 2 is 1.13 bits per heavy atom. The van der Waals surface area contributed by atoms with Gasteiger partial charge in [-0.3, -0.25) is 0 Å². The van der Waals surface area contributed by atoms with Crippen LogP contribution in [0, 0.1) is 35.1 Å². The summed E-state index contributed by atoms with van der Waals surface area (Å²) in [6, 6.07) is -0.371. The highest BCUT2D eigenvalue weighted by atomic mass is 19.4. The van der Waals surface area contributed by atoms with Crippen molar-refractivity contribution in [3.63, 3.8) is 0 Å². The zero-order chi connectivity index (χ0) is 28.5. The van der Waals surface area contributed by atoms with E-state index in [1.807, 2.05) is 6.92 Å². The monoisotopic (exact) mass is 564 g/mol. The zero-order valence-electron chi connectivity index (χ0n) is 19.9. The lowest BCUT2D eigenvalue weighted by atomic mass is 9.79. The van der Waals surface area contributed by atoms with Crippen LogP contribution in [0.2, 0.25) is 0 Å². The lowest BCUT2D eigenvalue weighted by molar-refractivity contribution is -0.223. The highest BCUT2D eigenvalue weighted by Gasteiger charge is 2.46. The fraction of sp³-hybridized carbons (Fsp3) is 0.520. The normalized spacial score (nSPS) is 18.9. The molecule has 0 atom stereocenters. The fourth-order valence-electron chi connectivity index (χ4n) is 4.49. The third-order valence-electron chi connectivity index (χ3n) is 6.39. The molecule has 1 aliphatic rings. The maximum Gasteiger partial charge on any atom is 0.432 e. The average Bonchev–Trinajstić information content (AvgIpc) is 2.75. The minimum Gasteiger partial charge on any atom is -0.432 e. The molecular weight excluding hydrogens is 541 g/mol. The summed E-state index contributed by atoms with van der Waals surface area (Å²) in [4.78, 5) is 0. The van der Waals surface area contributed by atoms with Crippen LogP contribution >= 0.6 is 0 Å². The van der Waals surface area contributed by atoms with E-state index in [-0.39, 0.29) is 43.0 Å². The van der Waals surface area contributed by atoms with Crippen molar-refractivity contribution < 1.29 is 57.8 Å². The van der Waals surface area contributed by atoms with Gasteiger partial charge in [-0.1, -0.05) is 26.2 Å². The highest BCUT2D eigenvalue weighted by molar-refractivity contribution is 5.36. The molecule has 1 saturated carbocycles. The largest absolute Gasteiger partial charge is 0.432 e. The lowest BCUT2D eigenvalue weighted by Crippen LogP contribution is -2.37. The molecule has 3 rings (SSSR count). The van der Waals surface area contributed by atoms with Crippen LogP contribution in [0.4, 0.5) is 48.3 Å². The zero-order valence-corrected chi connectivity index (χ0v) is 19.9. The number of rotatable bonds is 9. The van der Waals surface area contributed by atoms with Gasteiger partial charge in [0.1, 0.15) is 45.9 Å². The Morgan fingerprint density at radius 1 is 0.684 bits per heavy atom. The van der Waals surface area contributed by atoms with Crippen LogP contribution in [0.5, 0.6) is 11.5 Å². The summed E-state index contributed by atoms with van der Waals surface area (Å²) in [5.41, 5.74) is -4.52. The Bertz CT molecular complexity index is 1080. The summed E-state index contributed by atoms with van der Waals surface area (Å²) < 4.78 is 161. The molecule has 13 heteroatoms. The molecule has 2 aromatic rings. The molecule has 1 fully saturated rings. The first-order valence-corrected chi connectivity index (χ1v) is 11.7. The number of unbranched alkanes of at least 4 members (excludes halogenated alkanes) is 1. The van der Waals surface area contributed by atoms with Gasteiger partial charge >= 0.3 is 18.4 Å². The van der Waals surface area contributed by atoms with Crippen LogP contribution in [-0.4, -0.2) is 6.11 Å². The van der Waals surface area contributed by atoms with Gasteiger partial charge in [0, 0.05) is 24.3 Å². The van der Waals surface area contributed by atoms with Gasteiger partial charge in [0.2, 0.25) is 0 Å². The SMILES string of the molecule is CCCCC1CCC(C(F)(F)Oc2cc(F)c(C(F)(F)Oc3cc(F)c(C(F)(F)F)c(F)c3)c(F)c2)CC1. The van der Waals surface area contributed by atoms with E-state index in [9.17, 15) is 48.3 Å². The highest BCUT2D eigenvalue weighted by Crippen LogP contribution is 2.43. The first kappa shape index (κ1) is 29.8. The molecule has 0 bridgehead atoms. The number of hydrogen-bond donors (Lipinski definition) is 0. The van der Waals surface area contributed by atoms with Crippen LogP contribution < -0.4 is 9.47 Å². The average molecular weight is 564 g/mol. The number of benzene rings is 2. The van der Waals surface area contributed by atoms with Gasteiger partial charge in [0.25, 0.3) is 0 Å². The van der Waals surface area contributed by atoms with Gasteiger partial charge in [-0.15, -0.1) is 0 Å².